The van der Waals surface area contributed by atoms with Gasteiger partial charge in [-0.05, 0) is 45.6 Å². The Hall–Kier alpha value is -1.66. The van der Waals surface area contributed by atoms with Gasteiger partial charge in [-0.1, -0.05) is 5.16 Å². The van der Waals surface area contributed by atoms with Gasteiger partial charge in [0.25, 0.3) is 11.6 Å². The highest BCUT2D eigenvalue weighted by Crippen LogP contribution is 2.23. The van der Waals surface area contributed by atoms with Crippen molar-refractivity contribution in [3.8, 4) is 0 Å². The lowest BCUT2D eigenvalue weighted by atomic mass is 9.91. The summed E-state index contributed by atoms with van der Waals surface area (Å²) in [7, 11) is 0. The van der Waals surface area contributed by atoms with E-state index in [2.05, 4.69) is 15.5 Å². The molecule has 2 heterocycles. The third kappa shape index (κ3) is 3.23. The standard InChI is InChI=1S/C15H20N4O2.ClH/c1-8-7-12(13-9(2)19-21-15(13)17-8)14(20)18-11-5-3-10(16)4-6-11;/h7,10-11H,3-6,16H2,1-2H3,(H,18,20);1H. The van der Waals surface area contributed by atoms with Crippen molar-refractivity contribution < 1.29 is 9.32 Å². The van der Waals surface area contributed by atoms with Crippen molar-refractivity contribution in [3.05, 3.63) is 23.0 Å². The third-order valence-corrected chi connectivity index (χ3v) is 4.10. The summed E-state index contributed by atoms with van der Waals surface area (Å²) >= 11 is 0. The van der Waals surface area contributed by atoms with Gasteiger partial charge in [0.2, 0.25) is 0 Å². The Balaban J connectivity index is 0.00000176. The quantitative estimate of drug-likeness (QED) is 0.883. The van der Waals surface area contributed by atoms with Crippen LogP contribution in [0.15, 0.2) is 10.6 Å². The molecule has 22 heavy (non-hydrogen) atoms. The number of nitrogens with one attached hydrogen (secondary N) is 1. The molecule has 120 valence electrons. The number of hydrogen-bond acceptors (Lipinski definition) is 5. The molecule has 0 aromatic carbocycles. The maximum Gasteiger partial charge on any atom is 0.258 e. The van der Waals surface area contributed by atoms with Crippen LogP contribution in [0.1, 0.15) is 47.4 Å². The fourth-order valence-electron chi connectivity index (χ4n) is 2.92. The Labute approximate surface area is 135 Å². The lowest BCUT2D eigenvalue weighted by molar-refractivity contribution is 0.0927. The van der Waals surface area contributed by atoms with E-state index >= 15 is 0 Å². The Kier molecular flexibility index (Phi) is 5.03. The predicted octanol–water partition coefficient (Wildman–Crippen LogP) is 2.26. The molecule has 0 spiro atoms. The molecule has 3 rings (SSSR count). The molecule has 1 fully saturated rings. The SMILES string of the molecule is Cc1cc(C(=O)NC2CCC(N)CC2)c2c(C)noc2n1.Cl. The Bertz CT molecular complexity index is 677. The number of amides is 1. The van der Waals surface area contributed by atoms with Gasteiger partial charge in [-0.3, -0.25) is 4.79 Å². The first kappa shape index (κ1) is 16.7. The molecule has 0 aliphatic heterocycles. The van der Waals surface area contributed by atoms with E-state index < -0.39 is 0 Å². The molecular formula is C15H21ClN4O2. The molecule has 1 aliphatic carbocycles. The third-order valence-electron chi connectivity index (χ3n) is 4.10. The van der Waals surface area contributed by atoms with Crippen molar-refractivity contribution in [2.45, 2.75) is 51.6 Å². The maximum atomic E-state index is 12.6. The van der Waals surface area contributed by atoms with Crippen molar-refractivity contribution >= 4 is 29.4 Å². The predicted molar refractivity (Wildman–Crippen MR) is 86.2 cm³/mol. The van der Waals surface area contributed by atoms with E-state index in [0.717, 1.165) is 31.4 Å². The van der Waals surface area contributed by atoms with Crippen molar-refractivity contribution in [1.82, 2.24) is 15.5 Å². The van der Waals surface area contributed by atoms with E-state index in [1.165, 1.54) is 0 Å². The monoisotopic (exact) mass is 324 g/mol. The number of halogens is 1. The Morgan fingerprint density at radius 2 is 2.00 bits per heavy atom. The van der Waals surface area contributed by atoms with Crippen LogP contribution in [-0.2, 0) is 0 Å². The average molecular weight is 325 g/mol. The van der Waals surface area contributed by atoms with E-state index in [1.807, 2.05) is 13.8 Å². The first-order valence-corrected chi connectivity index (χ1v) is 7.34. The van der Waals surface area contributed by atoms with E-state index in [4.69, 9.17) is 10.3 Å². The summed E-state index contributed by atoms with van der Waals surface area (Å²) < 4.78 is 5.17. The molecule has 0 bridgehead atoms. The minimum Gasteiger partial charge on any atom is -0.349 e. The van der Waals surface area contributed by atoms with Crippen LogP contribution in [0.4, 0.5) is 0 Å². The van der Waals surface area contributed by atoms with Gasteiger partial charge in [-0.2, -0.15) is 0 Å². The summed E-state index contributed by atoms with van der Waals surface area (Å²) in [5.41, 5.74) is 8.34. The van der Waals surface area contributed by atoms with Gasteiger partial charge < -0.3 is 15.6 Å². The second-order valence-electron chi connectivity index (χ2n) is 5.84. The number of nitrogens with two attached hydrogens (primary N) is 1. The lowest BCUT2D eigenvalue weighted by Gasteiger charge is -2.26. The summed E-state index contributed by atoms with van der Waals surface area (Å²) in [5.74, 6) is -0.0859. The van der Waals surface area contributed by atoms with Gasteiger partial charge in [0, 0.05) is 17.8 Å². The molecule has 6 nitrogen and oxygen atoms in total. The molecule has 0 saturated heterocycles. The number of pyridine rings is 1. The molecule has 1 saturated carbocycles. The number of aryl methyl sites for hydroxylation is 2. The van der Waals surface area contributed by atoms with E-state index in [0.29, 0.717) is 22.4 Å². The van der Waals surface area contributed by atoms with Crippen LogP contribution >= 0.6 is 12.4 Å². The van der Waals surface area contributed by atoms with E-state index in [-0.39, 0.29) is 30.4 Å². The highest BCUT2D eigenvalue weighted by molar-refractivity contribution is 6.06. The number of carbonyl (C=O) groups is 1. The number of fused-ring (bicyclic) bond motifs is 1. The molecule has 1 aliphatic rings. The summed E-state index contributed by atoms with van der Waals surface area (Å²) in [4.78, 5) is 16.8. The molecular weight excluding hydrogens is 304 g/mol. The summed E-state index contributed by atoms with van der Waals surface area (Å²) in [6.45, 7) is 3.66. The van der Waals surface area contributed by atoms with Crippen molar-refractivity contribution in [2.24, 2.45) is 5.73 Å². The first-order chi connectivity index (χ1) is 10.0. The van der Waals surface area contributed by atoms with E-state index in [9.17, 15) is 4.79 Å². The van der Waals surface area contributed by atoms with E-state index in [1.54, 1.807) is 6.07 Å². The van der Waals surface area contributed by atoms with Crippen LogP contribution < -0.4 is 11.1 Å². The molecule has 2 aromatic heterocycles. The van der Waals surface area contributed by atoms with Gasteiger partial charge in [-0.25, -0.2) is 4.98 Å². The Morgan fingerprint density at radius 3 is 2.68 bits per heavy atom. The van der Waals surface area contributed by atoms with Gasteiger partial charge in [0.15, 0.2) is 0 Å². The van der Waals surface area contributed by atoms with Gasteiger partial charge in [-0.15, -0.1) is 12.4 Å². The molecule has 3 N–H and O–H groups in total. The van der Waals surface area contributed by atoms with Crippen molar-refractivity contribution in [2.75, 3.05) is 0 Å². The number of carbonyl (C=O) groups excluding carboxylic acids is 1. The van der Waals surface area contributed by atoms with Gasteiger partial charge in [0.1, 0.15) is 0 Å². The Morgan fingerprint density at radius 1 is 1.32 bits per heavy atom. The highest BCUT2D eigenvalue weighted by atomic mass is 35.5. The summed E-state index contributed by atoms with van der Waals surface area (Å²) in [6, 6.07) is 2.26. The average Bonchev–Trinajstić information content (AvgIpc) is 2.82. The highest BCUT2D eigenvalue weighted by Gasteiger charge is 2.23. The molecule has 2 aromatic rings. The number of rotatable bonds is 2. The van der Waals surface area contributed by atoms with Crippen molar-refractivity contribution in [3.63, 3.8) is 0 Å². The molecule has 1 amide bonds. The van der Waals surface area contributed by atoms with Crippen LogP contribution in [0, 0.1) is 13.8 Å². The van der Waals surface area contributed by atoms with Gasteiger partial charge >= 0.3 is 0 Å². The zero-order chi connectivity index (χ0) is 15.0. The van der Waals surface area contributed by atoms with Crippen LogP contribution in [0.3, 0.4) is 0 Å². The summed E-state index contributed by atoms with van der Waals surface area (Å²) in [6.07, 6.45) is 3.79. The molecule has 7 heteroatoms. The van der Waals surface area contributed by atoms with Crippen LogP contribution in [0.2, 0.25) is 0 Å². The largest absolute Gasteiger partial charge is 0.349 e. The lowest BCUT2D eigenvalue weighted by Crippen LogP contribution is -2.40. The second-order valence-corrected chi connectivity index (χ2v) is 5.84. The minimum atomic E-state index is -0.0859. The summed E-state index contributed by atoms with van der Waals surface area (Å²) in [5, 5.41) is 7.70. The normalized spacial score (nSPS) is 21.4. The number of hydrogen-bond donors (Lipinski definition) is 2. The second kappa shape index (κ2) is 6.62. The smallest absolute Gasteiger partial charge is 0.258 e. The minimum absolute atomic E-state index is 0. The van der Waals surface area contributed by atoms with Crippen LogP contribution in [-0.4, -0.2) is 28.1 Å². The topological polar surface area (TPSA) is 94.0 Å². The van der Waals surface area contributed by atoms with Gasteiger partial charge in [0.05, 0.1) is 16.6 Å². The number of aromatic nitrogens is 2. The van der Waals surface area contributed by atoms with Crippen molar-refractivity contribution in [1.29, 1.82) is 0 Å². The fraction of sp³-hybridized carbons (Fsp3) is 0.533. The molecule has 0 radical (unpaired) electrons. The number of nitrogens with zero attached hydrogens (tertiary/aromatic N) is 2. The zero-order valence-corrected chi connectivity index (χ0v) is 13.6. The first-order valence-electron chi connectivity index (χ1n) is 7.34. The zero-order valence-electron chi connectivity index (χ0n) is 12.8. The van der Waals surface area contributed by atoms with Crippen LogP contribution in [0.25, 0.3) is 11.1 Å². The van der Waals surface area contributed by atoms with Crippen LogP contribution in [0.5, 0.6) is 0 Å². The fourth-order valence-corrected chi connectivity index (χ4v) is 2.92. The molecule has 0 atom stereocenters. The maximum absolute atomic E-state index is 12.6. The molecule has 0 unspecified atom stereocenters.